The minimum atomic E-state index is -0.779. The number of amides is 1. The summed E-state index contributed by atoms with van der Waals surface area (Å²) in [6.45, 7) is 6.38. The molecule has 7 nitrogen and oxygen atoms in total. The van der Waals surface area contributed by atoms with Crippen molar-refractivity contribution >= 4 is 17.4 Å². The van der Waals surface area contributed by atoms with Crippen LogP contribution >= 0.6 is 0 Å². The van der Waals surface area contributed by atoms with Crippen molar-refractivity contribution in [2.24, 2.45) is 0 Å². The van der Waals surface area contributed by atoms with Crippen LogP contribution in [0.15, 0.2) is 48.0 Å². The monoisotopic (exact) mass is 453 g/mol. The Hall–Kier alpha value is -3.32. The molecule has 33 heavy (non-hydrogen) atoms. The molecule has 2 aromatic rings. The van der Waals surface area contributed by atoms with Gasteiger partial charge in [-0.05, 0) is 57.0 Å². The first-order valence-corrected chi connectivity index (χ1v) is 11.0. The number of aliphatic hydroxyl groups excluding tert-OH is 1. The first-order chi connectivity index (χ1) is 15.8. The zero-order chi connectivity index (χ0) is 24.1. The van der Waals surface area contributed by atoms with Crippen LogP contribution in [0, 0.1) is 6.92 Å². The van der Waals surface area contributed by atoms with E-state index in [1.54, 1.807) is 32.4 Å². The Morgan fingerprint density at radius 3 is 2.48 bits per heavy atom. The van der Waals surface area contributed by atoms with Gasteiger partial charge in [-0.1, -0.05) is 18.2 Å². The summed E-state index contributed by atoms with van der Waals surface area (Å²) in [5.41, 5.74) is 1.89. The van der Waals surface area contributed by atoms with E-state index in [1.807, 2.05) is 45.0 Å². The molecule has 1 atom stereocenters. The second-order valence-electron chi connectivity index (χ2n) is 8.22. The number of likely N-dealkylation sites (tertiary alicyclic amines) is 1. The van der Waals surface area contributed by atoms with Gasteiger partial charge in [0, 0.05) is 31.4 Å². The lowest BCUT2D eigenvalue weighted by molar-refractivity contribution is -0.140. The van der Waals surface area contributed by atoms with Gasteiger partial charge < -0.3 is 24.2 Å². The number of aryl methyl sites for hydroxylation is 1. The number of methoxy groups -OCH3 is 2. The zero-order valence-corrected chi connectivity index (χ0v) is 19.8. The molecule has 1 amide bonds. The Balaban J connectivity index is 2.20. The highest BCUT2D eigenvalue weighted by atomic mass is 16.5. The molecule has 0 aliphatic carbocycles. The molecular weight excluding hydrogens is 422 g/mol. The maximum atomic E-state index is 13.2. The Labute approximate surface area is 194 Å². The van der Waals surface area contributed by atoms with Gasteiger partial charge >= 0.3 is 0 Å². The summed E-state index contributed by atoms with van der Waals surface area (Å²) < 4.78 is 16.4. The molecule has 1 N–H and O–H groups in total. The van der Waals surface area contributed by atoms with E-state index < -0.39 is 17.7 Å². The normalized spacial score (nSPS) is 17.6. The largest absolute Gasteiger partial charge is 0.507 e. The number of ketones is 1. The SMILES string of the molecule is COCCCN1C(=O)C(=O)/C(=C(\O)c2ccc(OC)cc2C)C1c1ccccc1OC(C)C. The summed E-state index contributed by atoms with van der Waals surface area (Å²) in [6.07, 6.45) is 0.445. The number of hydrogen-bond donors (Lipinski definition) is 1. The Bertz CT molecular complexity index is 1060. The van der Waals surface area contributed by atoms with Crippen LogP contribution in [0.2, 0.25) is 0 Å². The van der Waals surface area contributed by atoms with Crippen molar-refractivity contribution in [3.63, 3.8) is 0 Å². The van der Waals surface area contributed by atoms with Crippen LogP contribution in [0.25, 0.3) is 5.76 Å². The molecule has 1 heterocycles. The second kappa shape index (κ2) is 10.5. The van der Waals surface area contributed by atoms with Crippen LogP contribution in [0.1, 0.15) is 43.0 Å². The van der Waals surface area contributed by atoms with Gasteiger partial charge in [-0.2, -0.15) is 0 Å². The lowest BCUT2D eigenvalue weighted by Gasteiger charge is -2.27. The van der Waals surface area contributed by atoms with Crippen molar-refractivity contribution in [2.45, 2.75) is 39.3 Å². The summed E-state index contributed by atoms with van der Waals surface area (Å²) in [4.78, 5) is 27.8. The number of hydrogen-bond acceptors (Lipinski definition) is 6. The lowest BCUT2D eigenvalue weighted by Crippen LogP contribution is -2.31. The molecule has 0 spiro atoms. The Morgan fingerprint density at radius 1 is 1.12 bits per heavy atom. The summed E-state index contributed by atoms with van der Waals surface area (Å²) in [5, 5.41) is 11.3. The van der Waals surface area contributed by atoms with Crippen LogP contribution < -0.4 is 9.47 Å². The van der Waals surface area contributed by atoms with Gasteiger partial charge in [-0.3, -0.25) is 9.59 Å². The first kappa shape index (κ1) is 24.3. The van der Waals surface area contributed by atoms with Crippen molar-refractivity contribution in [2.75, 3.05) is 27.4 Å². The van der Waals surface area contributed by atoms with E-state index in [2.05, 4.69) is 0 Å². The number of Topliss-reactive ketones (excluding diaryl/α,β-unsaturated/α-hetero) is 1. The van der Waals surface area contributed by atoms with E-state index in [0.717, 1.165) is 5.56 Å². The van der Waals surface area contributed by atoms with Crippen LogP contribution in [-0.2, 0) is 14.3 Å². The van der Waals surface area contributed by atoms with E-state index in [9.17, 15) is 14.7 Å². The van der Waals surface area contributed by atoms with Gasteiger partial charge in [0.15, 0.2) is 0 Å². The molecule has 1 unspecified atom stereocenters. The molecule has 7 heteroatoms. The fraction of sp³-hybridized carbons (Fsp3) is 0.385. The lowest BCUT2D eigenvalue weighted by atomic mass is 9.93. The smallest absolute Gasteiger partial charge is 0.295 e. The number of para-hydroxylation sites is 1. The minimum Gasteiger partial charge on any atom is -0.507 e. The molecule has 2 aromatic carbocycles. The number of carbonyl (C=O) groups excluding carboxylic acids is 2. The first-order valence-electron chi connectivity index (χ1n) is 11.0. The molecule has 3 rings (SSSR count). The van der Waals surface area contributed by atoms with Gasteiger partial charge in [0.1, 0.15) is 17.3 Å². The third kappa shape index (κ3) is 5.03. The van der Waals surface area contributed by atoms with E-state index in [1.165, 1.54) is 4.90 Å². The van der Waals surface area contributed by atoms with E-state index in [4.69, 9.17) is 14.2 Å². The zero-order valence-electron chi connectivity index (χ0n) is 19.8. The van der Waals surface area contributed by atoms with Crippen molar-refractivity contribution in [1.29, 1.82) is 0 Å². The topological polar surface area (TPSA) is 85.3 Å². The van der Waals surface area contributed by atoms with Crippen LogP contribution in [0.3, 0.4) is 0 Å². The third-order valence-electron chi connectivity index (χ3n) is 5.55. The predicted molar refractivity (Wildman–Crippen MR) is 125 cm³/mol. The number of nitrogens with zero attached hydrogens (tertiary/aromatic N) is 1. The number of rotatable bonds is 9. The van der Waals surface area contributed by atoms with Gasteiger partial charge in [0.05, 0.1) is 24.8 Å². The number of carbonyl (C=O) groups is 2. The summed E-state index contributed by atoms with van der Waals surface area (Å²) in [6, 6.07) is 11.7. The van der Waals surface area contributed by atoms with Crippen molar-refractivity contribution in [3.8, 4) is 11.5 Å². The number of benzene rings is 2. The fourth-order valence-electron chi connectivity index (χ4n) is 4.05. The molecule has 0 saturated carbocycles. The fourth-order valence-corrected chi connectivity index (χ4v) is 4.05. The average Bonchev–Trinajstić information content (AvgIpc) is 3.03. The minimum absolute atomic E-state index is 0.0467. The molecule has 0 aromatic heterocycles. The Morgan fingerprint density at radius 2 is 1.85 bits per heavy atom. The molecular formula is C26H31NO6. The number of ether oxygens (including phenoxy) is 3. The van der Waals surface area contributed by atoms with Gasteiger partial charge in [-0.25, -0.2) is 0 Å². The molecule has 0 bridgehead atoms. The average molecular weight is 454 g/mol. The summed E-state index contributed by atoms with van der Waals surface area (Å²) in [5.74, 6) is -0.385. The highest BCUT2D eigenvalue weighted by Gasteiger charge is 2.47. The molecule has 1 aliphatic rings. The quantitative estimate of drug-likeness (QED) is 0.264. The summed E-state index contributed by atoms with van der Waals surface area (Å²) in [7, 11) is 3.15. The van der Waals surface area contributed by atoms with Crippen molar-refractivity contribution in [1.82, 2.24) is 4.90 Å². The van der Waals surface area contributed by atoms with Crippen LogP contribution in [-0.4, -0.2) is 55.2 Å². The molecule has 1 fully saturated rings. The molecule has 176 valence electrons. The maximum Gasteiger partial charge on any atom is 0.295 e. The van der Waals surface area contributed by atoms with E-state index >= 15 is 0 Å². The Kier molecular flexibility index (Phi) is 7.76. The molecule has 1 aliphatic heterocycles. The van der Waals surface area contributed by atoms with E-state index in [-0.39, 0.29) is 17.4 Å². The highest BCUT2D eigenvalue weighted by Crippen LogP contribution is 2.43. The molecule has 0 radical (unpaired) electrons. The van der Waals surface area contributed by atoms with E-state index in [0.29, 0.717) is 42.2 Å². The number of aliphatic hydroxyl groups is 1. The second-order valence-corrected chi connectivity index (χ2v) is 8.22. The van der Waals surface area contributed by atoms with Crippen LogP contribution in [0.4, 0.5) is 0 Å². The maximum absolute atomic E-state index is 13.2. The van der Waals surface area contributed by atoms with Crippen LogP contribution in [0.5, 0.6) is 11.5 Å². The molecule has 1 saturated heterocycles. The van der Waals surface area contributed by atoms with Gasteiger partial charge in [0.25, 0.3) is 11.7 Å². The highest BCUT2D eigenvalue weighted by molar-refractivity contribution is 6.46. The standard InChI is InChI=1S/C26H31NO6/c1-16(2)33-21-10-7-6-9-20(21)23-22(25(29)26(30)27(23)13-8-14-31-4)24(28)19-12-11-18(32-5)15-17(19)3/h6-7,9-12,15-16,23,28H,8,13-14H2,1-5H3/b24-22-. The summed E-state index contributed by atoms with van der Waals surface area (Å²) >= 11 is 0. The van der Waals surface area contributed by atoms with Gasteiger partial charge in [-0.15, -0.1) is 0 Å². The third-order valence-corrected chi connectivity index (χ3v) is 5.55. The predicted octanol–water partition coefficient (Wildman–Crippen LogP) is 4.25. The van der Waals surface area contributed by atoms with Gasteiger partial charge in [0.2, 0.25) is 0 Å². The van der Waals surface area contributed by atoms with Crippen molar-refractivity contribution < 1.29 is 28.9 Å². The van der Waals surface area contributed by atoms with Crippen molar-refractivity contribution in [3.05, 3.63) is 64.7 Å².